The molecule has 30 heavy (non-hydrogen) atoms. The van der Waals surface area contributed by atoms with Crippen LogP contribution in [0.4, 0.5) is 0 Å². The zero-order valence-electron chi connectivity index (χ0n) is 17.3. The van der Waals surface area contributed by atoms with E-state index in [1.165, 1.54) is 10.9 Å². The summed E-state index contributed by atoms with van der Waals surface area (Å²) in [5.74, 6) is -0.480. The van der Waals surface area contributed by atoms with Crippen LogP contribution in [0.15, 0.2) is 54.7 Å². The van der Waals surface area contributed by atoms with Gasteiger partial charge in [-0.15, -0.1) is 0 Å². The summed E-state index contributed by atoms with van der Waals surface area (Å²) in [6, 6.07) is 14.8. The third-order valence-corrected chi connectivity index (χ3v) is 5.22. The SMILES string of the molecule is CC(C)OC(=O)CC(NC(=O)CCCc1c[nH]c2ccccc12)c1ccccc1Cl. The molecule has 1 heterocycles. The van der Waals surface area contributed by atoms with Crippen LogP contribution in [-0.2, 0) is 20.7 Å². The van der Waals surface area contributed by atoms with E-state index in [-0.39, 0.29) is 24.4 Å². The number of para-hydroxylation sites is 1. The van der Waals surface area contributed by atoms with E-state index in [1.54, 1.807) is 19.9 Å². The Balaban J connectivity index is 1.61. The number of fused-ring (bicyclic) bond motifs is 1. The molecule has 5 nitrogen and oxygen atoms in total. The first kappa shape index (κ1) is 21.9. The van der Waals surface area contributed by atoms with Crippen LogP contribution in [0.5, 0.6) is 0 Å². The summed E-state index contributed by atoms with van der Waals surface area (Å²) in [5, 5.41) is 4.66. The van der Waals surface area contributed by atoms with Crippen LogP contribution in [0.1, 0.15) is 50.3 Å². The summed E-state index contributed by atoms with van der Waals surface area (Å²) in [6.45, 7) is 3.59. The number of hydrogen-bond donors (Lipinski definition) is 2. The fourth-order valence-electron chi connectivity index (χ4n) is 3.52. The minimum atomic E-state index is -0.523. The third-order valence-electron chi connectivity index (χ3n) is 4.88. The molecule has 0 aliphatic carbocycles. The Kier molecular flexibility index (Phi) is 7.52. The number of aromatic nitrogens is 1. The summed E-state index contributed by atoms with van der Waals surface area (Å²) in [7, 11) is 0. The van der Waals surface area contributed by atoms with Crippen molar-refractivity contribution >= 4 is 34.4 Å². The normalized spacial score (nSPS) is 12.1. The third kappa shape index (κ3) is 5.86. The molecular formula is C24H27ClN2O3. The van der Waals surface area contributed by atoms with Gasteiger partial charge in [-0.05, 0) is 49.9 Å². The molecule has 6 heteroatoms. The number of halogens is 1. The second-order valence-corrected chi connectivity index (χ2v) is 8.00. The van der Waals surface area contributed by atoms with Gasteiger partial charge < -0.3 is 15.0 Å². The predicted octanol–water partition coefficient (Wildman–Crippen LogP) is 5.34. The van der Waals surface area contributed by atoms with Crippen molar-refractivity contribution in [2.24, 2.45) is 0 Å². The van der Waals surface area contributed by atoms with Gasteiger partial charge in [-0.1, -0.05) is 48.0 Å². The average Bonchev–Trinajstić information content (AvgIpc) is 3.10. The van der Waals surface area contributed by atoms with Crippen LogP contribution < -0.4 is 5.32 Å². The molecule has 1 atom stereocenters. The molecule has 1 amide bonds. The van der Waals surface area contributed by atoms with E-state index < -0.39 is 6.04 Å². The Hall–Kier alpha value is -2.79. The number of H-pyrrole nitrogens is 1. The number of nitrogens with one attached hydrogen (secondary N) is 2. The first-order valence-electron chi connectivity index (χ1n) is 10.2. The van der Waals surface area contributed by atoms with Crippen molar-refractivity contribution in [2.45, 2.75) is 51.7 Å². The van der Waals surface area contributed by atoms with Crippen LogP contribution in [-0.4, -0.2) is 23.0 Å². The monoisotopic (exact) mass is 426 g/mol. The number of carbonyl (C=O) groups excluding carboxylic acids is 2. The number of aryl methyl sites for hydroxylation is 1. The highest BCUT2D eigenvalue weighted by Crippen LogP contribution is 2.26. The number of ether oxygens (including phenoxy) is 1. The smallest absolute Gasteiger partial charge is 0.308 e. The maximum Gasteiger partial charge on any atom is 0.308 e. The number of amides is 1. The zero-order valence-corrected chi connectivity index (χ0v) is 18.0. The lowest BCUT2D eigenvalue weighted by molar-refractivity contribution is -0.148. The second-order valence-electron chi connectivity index (χ2n) is 7.60. The molecule has 0 spiro atoms. The van der Waals surface area contributed by atoms with E-state index in [1.807, 2.05) is 42.6 Å². The summed E-state index contributed by atoms with van der Waals surface area (Å²) in [4.78, 5) is 28.1. The summed E-state index contributed by atoms with van der Waals surface area (Å²) in [6.07, 6.45) is 3.69. The molecule has 158 valence electrons. The van der Waals surface area contributed by atoms with E-state index in [9.17, 15) is 9.59 Å². The average molecular weight is 427 g/mol. The Morgan fingerprint density at radius 2 is 1.83 bits per heavy atom. The molecule has 0 fully saturated rings. The number of rotatable bonds is 9. The van der Waals surface area contributed by atoms with Gasteiger partial charge in [0.05, 0.1) is 18.6 Å². The molecule has 0 aliphatic heterocycles. The van der Waals surface area contributed by atoms with E-state index in [2.05, 4.69) is 16.4 Å². The lowest BCUT2D eigenvalue weighted by Crippen LogP contribution is -2.31. The van der Waals surface area contributed by atoms with Crippen LogP contribution in [0.25, 0.3) is 10.9 Å². The quantitative estimate of drug-likeness (QED) is 0.453. The van der Waals surface area contributed by atoms with E-state index in [0.717, 1.165) is 11.9 Å². The Labute approximate surface area is 181 Å². The summed E-state index contributed by atoms with van der Waals surface area (Å²) < 4.78 is 5.26. The molecule has 0 bridgehead atoms. The standard InChI is InChI=1S/C24H27ClN2O3/c1-16(2)30-24(29)14-22(19-10-3-5-11-20(19)25)27-23(28)13-7-8-17-15-26-21-12-6-4-9-18(17)21/h3-6,9-12,15-16,22,26H,7-8,13-14H2,1-2H3,(H,27,28). The van der Waals surface area contributed by atoms with Crippen LogP contribution in [0.2, 0.25) is 5.02 Å². The Morgan fingerprint density at radius 3 is 2.60 bits per heavy atom. The van der Waals surface area contributed by atoms with Crippen molar-refractivity contribution in [3.63, 3.8) is 0 Å². The van der Waals surface area contributed by atoms with E-state index >= 15 is 0 Å². The van der Waals surface area contributed by atoms with Crippen molar-refractivity contribution in [3.8, 4) is 0 Å². The van der Waals surface area contributed by atoms with Gasteiger partial charge in [0, 0.05) is 28.5 Å². The molecule has 3 aromatic rings. The van der Waals surface area contributed by atoms with Crippen LogP contribution in [0.3, 0.4) is 0 Å². The van der Waals surface area contributed by atoms with Crippen molar-refractivity contribution in [2.75, 3.05) is 0 Å². The molecule has 1 aromatic heterocycles. The van der Waals surface area contributed by atoms with Gasteiger partial charge in [0.1, 0.15) is 0 Å². The van der Waals surface area contributed by atoms with Crippen molar-refractivity contribution in [1.82, 2.24) is 10.3 Å². The van der Waals surface area contributed by atoms with Gasteiger partial charge in [0.25, 0.3) is 0 Å². The fourth-order valence-corrected chi connectivity index (χ4v) is 3.79. The van der Waals surface area contributed by atoms with Crippen molar-refractivity contribution in [3.05, 3.63) is 70.9 Å². The predicted molar refractivity (Wildman–Crippen MR) is 119 cm³/mol. The van der Waals surface area contributed by atoms with Crippen LogP contribution in [0, 0.1) is 0 Å². The zero-order chi connectivity index (χ0) is 21.5. The first-order chi connectivity index (χ1) is 14.4. The van der Waals surface area contributed by atoms with E-state index in [0.29, 0.717) is 23.4 Å². The summed E-state index contributed by atoms with van der Waals surface area (Å²) >= 11 is 6.31. The van der Waals surface area contributed by atoms with E-state index in [4.69, 9.17) is 16.3 Å². The molecule has 1 unspecified atom stereocenters. The van der Waals surface area contributed by atoms with Crippen molar-refractivity contribution < 1.29 is 14.3 Å². The maximum atomic E-state index is 12.6. The highest BCUT2D eigenvalue weighted by Gasteiger charge is 2.22. The second kappa shape index (κ2) is 10.3. The molecule has 2 N–H and O–H groups in total. The topological polar surface area (TPSA) is 71.2 Å². The molecule has 3 rings (SSSR count). The van der Waals surface area contributed by atoms with Gasteiger partial charge in [-0.25, -0.2) is 0 Å². The van der Waals surface area contributed by atoms with Crippen molar-refractivity contribution in [1.29, 1.82) is 0 Å². The first-order valence-corrected chi connectivity index (χ1v) is 10.6. The Morgan fingerprint density at radius 1 is 1.10 bits per heavy atom. The minimum Gasteiger partial charge on any atom is -0.463 e. The van der Waals surface area contributed by atoms with Crippen LogP contribution >= 0.6 is 11.6 Å². The molecular weight excluding hydrogens is 400 g/mol. The lowest BCUT2D eigenvalue weighted by atomic mass is 10.0. The molecule has 0 saturated carbocycles. The molecule has 2 aromatic carbocycles. The van der Waals surface area contributed by atoms with Gasteiger partial charge in [-0.3, -0.25) is 9.59 Å². The number of esters is 1. The Bertz CT molecular complexity index is 1010. The number of aromatic amines is 1. The number of carbonyl (C=O) groups is 2. The highest BCUT2D eigenvalue weighted by molar-refractivity contribution is 6.31. The number of benzene rings is 2. The minimum absolute atomic E-state index is 0.0378. The summed E-state index contributed by atoms with van der Waals surface area (Å²) in [5.41, 5.74) is 3.01. The fraction of sp³-hybridized carbons (Fsp3) is 0.333. The van der Waals surface area contributed by atoms with Gasteiger partial charge >= 0.3 is 5.97 Å². The maximum absolute atomic E-state index is 12.6. The highest BCUT2D eigenvalue weighted by atomic mass is 35.5. The molecule has 0 radical (unpaired) electrons. The number of hydrogen-bond acceptors (Lipinski definition) is 3. The lowest BCUT2D eigenvalue weighted by Gasteiger charge is -2.20. The molecule has 0 aliphatic rings. The van der Waals surface area contributed by atoms with Gasteiger partial charge in [0.15, 0.2) is 0 Å². The van der Waals surface area contributed by atoms with Gasteiger partial charge in [0.2, 0.25) is 5.91 Å². The van der Waals surface area contributed by atoms with Gasteiger partial charge in [-0.2, -0.15) is 0 Å². The largest absolute Gasteiger partial charge is 0.463 e. The molecule has 0 saturated heterocycles.